The summed E-state index contributed by atoms with van der Waals surface area (Å²) in [6.45, 7) is 0. The maximum atomic E-state index is 5.32. The second-order valence-corrected chi connectivity index (χ2v) is 11.5. The van der Waals surface area contributed by atoms with Crippen LogP contribution in [0, 0.1) is 0 Å². The van der Waals surface area contributed by atoms with Gasteiger partial charge in [-0.05, 0) is 57.1 Å². The fourth-order valence-corrected chi connectivity index (χ4v) is 7.36. The van der Waals surface area contributed by atoms with E-state index >= 15 is 0 Å². The molecule has 6 aromatic carbocycles. The van der Waals surface area contributed by atoms with E-state index in [0.29, 0.717) is 0 Å². The second kappa shape index (κ2) is 8.25. The van der Waals surface area contributed by atoms with E-state index in [0.717, 1.165) is 22.4 Å². The van der Waals surface area contributed by atoms with Crippen molar-refractivity contribution in [2.45, 2.75) is 0 Å². The molecule has 0 saturated heterocycles. The molecule has 0 fully saturated rings. The van der Waals surface area contributed by atoms with Crippen LogP contribution in [-0.4, -0.2) is 9.38 Å². The number of nitrogens with zero attached hydrogens (tertiary/aromatic N) is 2. The first-order chi connectivity index (χ1) is 19.8. The van der Waals surface area contributed by atoms with Gasteiger partial charge in [0.2, 0.25) is 0 Å². The number of aromatic nitrogens is 2. The fourth-order valence-electron chi connectivity index (χ4n) is 6.20. The zero-order chi connectivity index (χ0) is 26.2. The average Bonchev–Trinajstić information content (AvgIpc) is 3.60. The van der Waals surface area contributed by atoms with E-state index < -0.39 is 0 Å². The molecule has 0 atom stereocenters. The van der Waals surface area contributed by atoms with Gasteiger partial charge in [-0.25, -0.2) is 4.98 Å². The Bertz CT molecular complexity index is 2430. The molecule has 0 bridgehead atoms. The highest BCUT2D eigenvalue weighted by Crippen LogP contribution is 2.41. The molecule has 40 heavy (non-hydrogen) atoms. The summed E-state index contributed by atoms with van der Waals surface area (Å²) in [4.78, 5) is 5.32. The average molecular weight is 527 g/mol. The van der Waals surface area contributed by atoms with Crippen LogP contribution < -0.4 is 0 Å². The molecule has 2 nitrogen and oxygen atoms in total. The molecule has 0 unspecified atom stereocenters. The first kappa shape index (κ1) is 21.9. The largest absolute Gasteiger partial charge is 0.291 e. The van der Waals surface area contributed by atoms with Crippen molar-refractivity contribution in [1.82, 2.24) is 9.38 Å². The Kier molecular flexibility index (Phi) is 4.52. The van der Waals surface area contributed by atoms with Crippen LogP contribution in [0.3, 0.4) is 0 Å². The standard InChI is InChI=1S/C37H22N2S/c1-2-9-27-21-28(18-15-23(27)7-1)24-13-16-26(17-14-24)33-22-31-30-11-5-6-12-34(30)40-36(31)37-38-35-29-10-4-3-8-25(29)19-20-32(35)39(33)37/h1-22H. The van der Waals surface area contributed by atoms with Gasteiger partial charge in [-0.15, -0.1) is 11.3 Å². The first-order valence-corrected chi connectivity index (χ1v) is 14.4. The summed E-state index contributed by atoms with van der Waals surface area (Å²) in [7, 11) is 0. The molecule has 3 heteroatoms. The third kappa shape index (κ3) is 3.13. The minimum Gasteiger partial charge on any atom is -0.291 e. The highest BCUT2D eigenvalue weighted by molar-refractivity contribution is 7.26. The summed E-state index contributed by atoms with van der Waals surface area (Å²) in [5.74, 6) is 0. The molecular formula is C37H22N2S. The lowest BCUT2D eigenvalue weighted by Crippen LogP contribution is -1.93. The molecule has 0 amide bonds. The quantitative estimate of drug-likeness (QED) is 0.219. The van der Waals surface area contributed by atoms with E-state index in [9.17, 15) is 0 Å². The zero-order valence-electron chi connectivity index (χ0n) is 21.5. The van der Waals surface area contributed by atoms with Crippen molar-refractivity contribution < 1.29 is 0 Å². The van der Waals surface area contributed by atoms with Crippen molar-refractivity contribution in [2.24, 2.45) is 0 Å². The molecule has 9 aromatic rings. The minimum absolute atomic E-state index is 1.03. The maximum Gasteiger partial charge on any atom is 0.156 e. The van der Waals surface area contributed by atoms with E-state index in [2.05, 4.69) is 138 Å². The number of pyridine rings is 1. The summed E-state index contributed by atoms with van der Waals surface area (Å²) in [6.07, 6.45) is 0. The topological polar surface area (TPSA) is 17.3 Å². The number of fused-ring (bicyclic) bond motifs is 10. The van der Waals surface area contributed by atoms with Crippen LogP contribution in [0.4, 0.5) is 0 Å². The van der Waals surface area contributed by atoms with E-state index in [1.165, 1.54) is 58.4 Å². The van der Waals surface area contributed by atoms with Gasteiger partial charge >= 0.3 is 0 Å². The predicted molar refractivity (Wildman–Crippen MR) is 171 cm³/mol. The monoisotopic (exact) mass is 526 g/mol. The molecule has 0 aliphatic rings. The third-order valence-corrected chi connectivity index (χ3v) is 9.35. The number of thiophene rings is 1. The molecule has 0 aliphatic heterocycles. The van der Waals surface area contributed by atoms with Gasteiger partial charge in [0, 0.05) is 20.9 Å². The lowest BCUT2D eigenvalue weighted by molar-refractivity contribution is 1.25. The van der Waals surface area contributed by atoms with Crippen LogP contribution in [0.5, 0.6) is 0 Å². The van der Waals surface area contributed by atoms with Crippen molar-refractivity contribution in [1.29, 1.82) is 0 Å². The Morgan fingerprint density at radius 1 is 0.500 bits per heavy atom. The van der Waals surface area contributed by atoms with Gasteiger partial charge in [0.15, 0.2) is 5.65 Å². The minimum atomic E-state index is 1.03. The molecule has 0 aliphatic carbocycles. The third-order valence-electron chi connectivity index (χ3n) is 8.17. The fraction of sp³-hybridized carbons (Fsp3) is 0. The molecule has 9 rings (SSSR count). The Balaban J connectivity index is 1.32. The lowest BCUT2D eigenvalue weighted by Gasteiger charge is -2.10. The van der Waals surface area contributed by atoms with Crippen molar-refractivity contribution >= 4 is 69.7 Å². The van der Waals surface area contributed by atoms with Gasteiger partial charge in [0.25, 0.3) is 0 Å². The Hall–Kier alpha value is -4.99. The van der Waals surface area contributed by atoms with Crippen LogP contribution >= 0.6 is 11.3 Å². The zero-order valence-corrected chi connectivity index (χ0v) is 22.3. The Morgan fingerprint density at radius 3 is 2.05 bits per heavy atom. The van der Waals surface area contributed by atoms with Gasteiger partial charge in [-0.2, -0.15) is 0 Å². The summed E-state index contributed by atoms with van der Waals surface area (Å²) in [5.41, 5.74) is 8.01. The molecule has 0 saturated carbocycles. The highest BCUT2D eigenvalue weighted by Gasteiger charge is 2.18. The SMILES string of the molecule is c1ccc2cc(-c3ccc(-c4cc5c6ccccc6sc5c5nc6c7ccccc7ccc6n45)cc3)ccc2c1. The van der Waals surface area contributed by atoms with Gasteiger partial charge in [0.05, 0.1) is 21.4 Å². The van der Waals surface area contributed by atoms with Gasteiger partial charge in [-0.1, -0.05) is 109 Å². The van der Waals surface area contributed by atoms with Crippen LogP contribution in [0.15, 0.2) is 133 Å². The molecular weight excluding hydrogens is 504 g/mol. The molecule has 3 aromatic heterocycles. The Labute approximate surface area is 234 Å². The van der Waals surface area contributed by atoms with Gasteiger partial charge in [-0.3, -0.25) is 4.40 Å². The van der Waals surface area contributed by atoms with Crippen molar-refractivity contribution in [3.63, 3.8) is 0 Å². The van der Waals surface area contributed by atoms with Crippen molar-refractivity contribution in [2.75, 3.05) is 0 Å². The van der Waals surface area contributed by atoms with Gasteiger partial charge in [0.1, 0.15) is 0 Å². The first-order valence-electron chi connectivity index (χ1n) is 13.6. The van der Waals surface area contributed by atoms with Crippen LogP contribution in [-0.2, 0) is 0 Å². The normalized spacial score (nSPS) is 12.0. The maximum absolute atomic E-state index is 5.32. The summed E-state index contributed by atoms with van der Waals surface area (Å²) >= 11 is 1.83. The van der Waals surface area contributed by atoms with Gasteiger partial charge < -0.3 is 0 Å². The molecule has 0 radical (unpaired) electrons. The number of rotatable bonds is 2. The van der Waals surface area contributed by atoms with Crippen LogP contribution in [0.1, 0.15) is 0 Å². The summed E-state index contributed by atoms with van der Waals surface area (Å²) in [5, 5.41) is 7.49. The van der Waals surface area contributed by atoms with Crippen molar-refractivity contribution in [3.05, 3.63) is 133 Å². The lowest BCUT2D eigenvalue weighted by atomic mass is 9.99. The van der Waals surface area contributed by atoms with E-state index in [-0.39, 0.29) is 0 Å². The molecule has 0 spiro atoms. The van der Waals surface area contributed by atoms with E-state index in [4.69, 9.17) is 4.98 Å². The van der Waals surface area contributed by atoms with E-state index in [1.807, 2.05) is 11.3 Å². The molecule has 186 valence electrons. The number of benzene rings is 6. The Morgan fingerprint density at radius 2 is 1.18 bits per heavy atom. The van der Waals surface area contributed by atoms with E-state index in [1.54, 1.807) is 0 Å². The smallest absolute Gasteiger partial charge is 0.156 e. The van der Waals surface area contributed by atoms with Crippen LogP contribution in [0.2, 0.25) is 0 Å². The number of imidazole rings is 1. The summed E-state index contributed by atoms with van der Waals surface area (Å²) < 4.78 is 4.89. The number of hydrogen-bond donors (Lipinski definition) is 0. The van der Waals surface area contributed by atoms with Crippen molar-refractivity contribution in [3.8, 4) is 22.4 Å². The predicted octanol–water partition coefficient (Wildman–Crippen LogP) is 10.5. The number of hydrogen-bond acceptors (Lipinski definition) is 2. The second-order valence-electron chi connectivity index (χ2n) is 10.4. The molecule has 3 heterocycles. The highest BCUT2D eigenvalue weighted by atomic mass is 32.1. The van der Waals surface area contributed by atoms with Crippen LogP contribution in [0.25, 0.3) is 80.8 Å². The molecule has 0 N–H and O–H groups in total. The summed E-state index contributed by atoms with van der Waals surface area (Å²) in [6, 6.07) is 48.3.